The number of amidine groups is 1. The second-order valence-corrected chi connectivity index (χ2v) is 15.3. The number of carbonyl (C=O) groups excluding carboxylic acids is 2. The number of fused-ring (bicyclic) bond motifs is 2. The highest BCUT2D eigenvalue weighted by Crippen LogP contribution is 2.72. The van der Waals surface area contributed by atoms with E-state index in [1.165, 1.54) is 25.7 Å². The van der Waals surface area contributed by atoms with Crippen molar-refractivity contribution in [3.8, 4) is 12.3 Å². The van der Waals surface area contributed by atoms with Crippen LogP contribution in [-0.4, -0.2) is 22.9 Å². The van der Waals surface area contributed by atoms with Gasteiger partial charge in [0.15, 0.2) is 17.8 Å². The standard InChI is InChI=1S/C34H46N4O2/c1-22(39)16-27-31(6)17-24(20-35)28(40)29(3,4)26(31)8-9-32(27,7)30(5)10-14-34(38-23(2)37-21-36)15-13-33(11-12-33)19-25(34)18-30/h16-17,25-26H,8-15,18-19H2,1-7H3,(H,37,38)/b27-16-/t25?,26-,30+,31-,32+,34+/m0/s1. The molecule has 0 aromatic rings. The molecule has 1 unspecified atom stereocenters. The third-order valence-electron chi connectivity index (χ3n) is 12.7. The van der Waals surface area contributed by atoms with Crippen molar-refractivity contribution in [2.75, 3.05) is 0 Å². The molecule has 214 valence electrons. The number of nitrogens with one attached hydrogen (secondary N) is 1. The molecule has 0 radical (unpaired) electrons. The average Bonchev–Trinajstić information content (AvgIpc) is 3.63. The molecule has 0 aliphatic heterocycles. The van der Waals surface area contributed by atoms with Crippen molar-refractivity contribution in [1.82, 2.24) is 5.32 Å². The van der Waals surface area contributed by atoms with Crippen LogP contribution in [0.3, 0.4) is 0 Å². The zero-order chi connectivity index (χ0) is 29.4. The van der Waals surface area contributed by atoms with Crippen molar-refractivity contribution in [1.29, 1.82) is 10.5 Å². The quantitative estimate of drug-likeness (QED) is 0.136. The Hall–Kier alpha value is -2.73. The van der Waals surface area contributed by atoms with Gasteiger partial charge in [0, 0.05) is 10.8 Å². The van der Waals surface area contributed by atoms with Crippen LogP contribution >= 0.6 is 0 Å². The number of ketones is 2. The molecule has 0 saturated heterocycles. The summed E-state index contributed by atoms with van der Waals surface area (Å²) in [5, 5.41) is 22.0. The summed E-state index contributed by atoms with van der Waals surface area (Å²) in [6, 6.07) is 2.20. The molecule has 0 aromatic carbocycles. The largest absolute Gasteiger partial charge is 0.295 e. The van der Waals surface area contributed by atoms with E-state index in [0.717, 1.165) is 44.1 Å². The minimum absolute atomic E-state index is 0.0240. The molecule has 1 N–H and O–H groups in total. The molecular weight excluding hydrogens is 496 g/mol. The fraction of sp³-hybridized carbons (Fsp3) is 0.735. The maximum atomic E-state index is 13.3. The number of rotatable bonds is 3. The van der Waals surface area contributed by atoms with Crippen molar-refractivity contribution in [3.63, 3.8) is 0 Å². The van der Waals surface area contributed by atoms with Crippen LogP contribution < -0.4 is 5.32 Å². The van der Waals surface area contributed by atoms with E-state index in [2.05, 4.69) is 38.4 Å². The van der Waals surface area contributed by atoms with Crippen LogP contribution in [-0.2, 0) is 9.59 Å². The highest BCUT2D eigenvalue weighted by Gasteiger charge is 2.65. The number of allylic oxidation sites excluding steroid dienone is 4. The van der Waals surface area contributed by atoms with Crippen molar-refractivity contribution < 1.29 is 9.59 Å². The van der Waals surface area contributed by atoms with E-state index in [4.69, 9.17) is 4.99 Å². The second-order valence-electron chi connectivity index (χ2n) is 15.3. The SMILES string of the molecule is CC(=O)/C=C1/[C@@]2(C)C=C(C#N)C(=O)C(C)(C)[C@@H]2CC[C@@]1(C)[C@]1(C)CC[C@@]2(N=C(C)NC#N)CCC3(CC3)CC2C1. The highest BCUT2D eigenvalue weighted by molar-refractivity contribution is 6.04. The van der Waals surface area contributed by atoms with Crippen molar-refractivity contribution in [2.24, 2.45) is 43.9 Å². The lowest BCUT2D eigenvalue weighted by molar-refractivity contribution is -0.132. The predicted octanol–water partition coefficient (Wildman–Crippen LogP) is 6.98. The first kappa shape index (κ1) is 28.8. The van der Waals surface area contributed by atoms with Gasteiger partial charge in [-0.3, -0.25) is 19.9 Å². The fourth-order valence-corrected chi connectivity index (χ4v) is 10.0. The van der Waals surface area contributed by atoms with Crippen LogP contribution in [0.25, 0.3) is 0 Å². The van der Waals surface area contributed by atoms with E-state index in [1.807, 2.05) is 32.9 Å². The van der Waals surface area contributed by atoms with Gasteiger partial charge in [0.2, 0.25) is 0 Å². The summed E-state index contributed by atoms with van der Waals surface area (Å²) in [5.74, 6) is 1.11. The smallest absolute Gasteiger partial charge is 0.182 e. The number of Topliss-reactive ketones (excluding diaryl/α,β-unsaturated/α-hetero) is 1. The molecule has 40 heavy (non-hydrogen) atoms. The highest BCUT2D eigenvalue weighted by atomic mass is 16.1. The Balaban J connectivity index is 1.60. The van der Waals surface area contributed by atoms with Crippen LogP contribution in [0.15, 0.2) is 28.3 Å². The summed E-state index contributed by atoms with van der Waals surface area (Å²) >= 11 is 0. The second kappa shape index (κ2) is 9.14. The van der Waals surface area contributed by atoms with Crippen LogP contribution in [0.4, 0.5) is 0 Å². The molecule has 4 fully saturated rings. The van der Waals surface area contributed by atoms with Gasteiger partial charge in [-0.15, -0.1) is 0 Å². The number of aliphatic imine (C=N–C) groups is 1. The Bertz CT molecular complexity index is 1320. The molecule has 6 heteroatoms. The molecule has 4 saturated carbocycles. The summed E-state index contributed by atoms with van der Waals surface area (Å²) < 4.78 is 0. The molecule has 0 aromatic heterocycles. The van der Waals surface area contributed by atoms with Crippen LogP contribution in [0.5, 0.6) is 0 Å². The zero-order valence-electron chi connectivity index (χ0n) is 25.5. The lowest BCUT2D eigenvalue weighted by atomic mass is 9.39. The van der Waals surface area contributed by atoms with Gasteiger partial charge in [-0.2, -0.15) is 10.5 Å². The molecular formula is C34H46N4O2. The molecule has 0 bridgehead atoms. The third-order valence-corrected chi connectivity index (χ3v) is 12.7. The minimum atomic E-state index is -0.671. The van der Waals surface area contributed by atoms with Gasteiger partial charge in [-0.05, 0) is 112 Å². The molecule has 5 aliphatic carbocycles. The van der Waals surface area contributed by atoms with Gasteiger partial charge in [0.05, 0.1) is 11.1 Å². The van der Waals surface area contributed by atoms with Gasteiger partial charge >= 0.3 is 0 Å². The number of hydrogen-bond acceptors (Lipinski definition) is 5. The zero-order valence-corrected chi connectivity index (χ0v) is 25.5. The topological polar surface area (TPSA) is 106 Å². The Labute approximate surface area is 240 Å². The van der Waals surface area contributed by atoms with Crippen LogP contribution in [0.1, 0.15) is 113 Å². The first-order chi connectivity index (χ1) is 18.6. The molecule has 0 amide bonds. The summed E-state index contributed by atoms with van der Waals surface area (Å²) in [5.41, 5.74) is 0.118. The number of hydrogen-bond donors (Lipinski definition) is 1. The predicted molar refractivity (Wildman–Crippen MR) is 156 cm³/mol. The Morgan fingerprint density at radius 3 is 2.25 bits per heavy atom. The van der Waals surface area contributed by atoms with E-state index in [0.29, 0.717) is 17.2 Å². The van der Waals surface area contributed by atoms with E-state index in [1.54, 1.807) is 6.92 Å². The summed E-state index contributed by atoms with van der Waals surface area (Å²) in [7, 11) is 0. The Morgan fingerprint density at radius 2 is 1.65 bits per heavy atom. The molecule has 6 nitrogen and oxygen atoms in total. The fourth-order valence-electron chi connectivity index (χ4n) is 10.0. The molecule has 6 atom stereocenters. The van der Waals surface area contributed by atoms with E-state index in [-0.39, 0.29) is 39.4 Å². The van der Waals surface area contributed by atoms with Gasteiger partial charge < -0.3 is 0 Å². The average molecular weight is 543 g/mol. The van der Waals surface area contributed by atoms with Crippen molar-refractivity contribution in [2.45, 2.75) is 118 Å². The first-order valence-electron chi connectivity index (χ1n) is 15.2. The number of nitrogens with zero attached hydrogens (tertiary/aromatic N) is 3. The number of carbonyl (C=O) groups is 2. The lowest BCUT2D eigenvalue weighted by Crippen LogP contribution is -2.59. The summed E-state index contributed by atoms with van der Waals surface area (Å²) in [6.07, 6.45) is 16.7. The van der Waals surface area contributed by atoms with E-state index in [9.17, 15) is 20.1 Å². The molecule has 0 heterocycles. The van der Waals surface area contributed by atoms with Crippen LogP contribution in [0, 0.1) is 61.7 Å². The normalized spacial score (nSPS) is 42.6. The van der Waals surface area contributed by atoms with E-state index >= 15 is 0 Å². The van der Waals surface area contributed by atoms with Gasteiger partial charge in [-0.25, -0.2) is 0 Å². The molecule has 5 aliphatic rings. The molecule has 5 rings (SSSR count). The van der Waals surface area contributed by atoms with E-state index < -0.39 is 10.8 Å². The van der Waals surface area contributed by atoms with Gasteiger partial charge in [0.1, 0.15) is 11.9 Å². The van der Waals surface area contributed by atoms with Crippen LogP contribution in [0.2, 0.25) is 0 Å². The maximum absolute atomic E-state index is 13.3. The number of nitriles is 2. The van der Waals surface area contributed by atoms with Crippen molar-refractivity contribution in [3.05, 3.63) is 23.3 Å². The van der Waals surface area contributed by atoms with Gasteiger partial charge in [0.25, 0.3) is 0 Å². The third kappa shape index (κ3) is 4.12. The monoisotopic (exact) mass is 542 g/mol. The summed E-state index contributed by atoms with van der Waals surface area (Å²) in [4.78, 5) is 31.4. The first-order valence-corrected chi connectivity index (χ1v) is 15.2. The lowest BCUT2D eigenvalue weighted by Gasteiger charge is -2.64. The van der Waals surface area contributed by atoms with Gasteiger partial charge in [-0.1, -0.05) is 46.3 Å². The minimum Gasteiger partial charge on any atom is -0.295 e. The Kier molecular flexibility index (Phi) is 6.58. The molecule has 1 spiro atoms. The van der Waals surface area contributed by atoms with Crippen molar-refractivity contribution >= 4 is 17.4 Å². The maximum Gasteiger partial charge on any atom is 0.182 e. The summed E-state index contributed by atoms with van der Waals surface area (Å²) in [6.45, 7) is 14.5. The Morgan fingerprint density at radius 1 is 1.00 bits per heavy atom.